The Kier molecular flexibility index (Phi) is 6.52. The monoisotopic (exact) mass is 474 g/mol. The molecule has 1 radical (unpaired) electrons. The van der Waals surface area contributed by atoms with Crippen molar-refractivity contribution in [1.82, 2.24) is 4.48 Å². The van der Waals surface area contributed by atoms with Gasteiger partial charge in [-0.15, -0.1) is 0 Å². The van der Waals surface area contributed by atoms with Crippen LogP contribution in [0.2, 0.25) is 0 Å². The van der Waals surface area contributed by atoms with Gasteiger partial charge < -0.3 is 18.7 Å². The zero-order chi connectivity index (χ0) is 25.4. The number of carbonyl (C=O) groups excluding carboxylic acids is 3. The van der Waals surface area contributed by atoms with Crippen LogP contribution in [0.25, 0.3) is 5.57 Å². The van der Waals surface area contributed by atoms with Crippen molar-refractivity contribution in [3.8, 4) is 5.75 Å². The number of nitrogens with zero attached hydrogens (tertiary/aromatic N) is 2. The lowest BCUT2D eigenvalue weighted by Gasteiger charge is -2.21. The topological polar surface area (TPSA) is 86.8 Å². The van der Waals surface area contributed by atoms with E-state index in [4.69, 9.17) is 14.2 Å². The van der Waals surface area contributed by atoms with Gasteiger partial charge in [0, 0.05) is 24.4 Å². The highest BCUT2D eigenvalue weighted by Gasteiger charge is 2.43. The van der Waals surface area contributed by atoms with Crippen LogP contribution in [0.15, 0.2) is 35.5 Å². The number of benzene rings is 1. The van der Waals surface area contributed by atoms with E-state index in [0.717, 1.165) is 45.1 Å². The summed E-state index contributed by atoms with van der Waals surface area (Å²) in [7, 11) is 1.87. The summed E-state index contributed by atoms with van der Waals surface area (Å²) in [6.45, 7) is 12.1. The molecule has 0 amide bonds. The normalized spacial score (nSPS) is 14.2. The summed E-state index contributed by atoms with van der Waals surface area (Å²) in [6, 6.07) is 5.41. The average molecular weight is 474 g/mol. The third-order valence-electron chi connectivity index (χ3n) is 6.26. The Hall–Kier alpha value is -3.88. The summed E-state index contributed by atoms with van der Waals surface area (Å²) in [5, 5.41) is 0. The van der Waals surface area contributed by atoms with E-state index in [0.29, 0.717) is 23.4 Å². The van der Waals surface area contributed by atoms with Crippen LogP contribution in [0.1, 0.15) is 59.2 Å². The van der Waals surface area contributed by atoms with Gasteiger partial charge in [0.25, 0.3) is 6.47 Å². The molecular weight excluding hydrogens is 447 g/mol. The fourth-order valence-corrected chi connectivity index (χ4v) is 4.70. The van der Waals surface area contributed by atoms with Gasteiger partial charge in [0.1, 0.15) is 11.3 Å². The molecule has 2 aromatic rings. The second-order valence-corrected chi connectivity index (χ2v) is 8.37. The van der Waals surface area contributed by atoms with Crippen LogP contribution in [0.5, 0.6) is 5.75 Å². The quantitative estimate of drug-likeness (QED) is 0.348. The van der Waals surface area contributed by atoms with Crippen molar-refractivity contribution in [2.45, 2.75) is 41.5 Å². The minimum atomic E-state index is -0.392. The molecule has 8 nitrogen and oxygen atoms in total. The molecule has 0 fully saturated rings. The highest BCUT2D eigenvalue weighted by atomic mass is 16.5. The molecule has 179 valence electrons. The summed E-state index contributed by atoms with van der Waals surface area (Å²) < 4.78 is 19.5. The lowest BCUT2D eigenvalue weighted by atomic mass is 9.87. The number of ether oxygens (including phenoxy) is 3. The predicted octanol–water partition coefficient (Wildman–Crippen LogP) is 3.26. The van der Waals surface area contributed by atoms with Crippen LogP contribution in [-0.4, -0.2) is 53.9 Å². The molecule has 35 heavy (non-hydrogen) atoms. The maximum absolute atomic E-state index is 12.7. The van der Waals surface area contributed by atoms with Gasteiger partial charge in [-0.3, -0.25) is 9.28 Å². The summed E-state index contributed by atoms with van der Waals surface area (Å²) >= 11 is 0. The van der Waals surface area contributed by atoms with E-state index in [2.05, 4.69) is 0 Å². The molecule has 1 aromatic heterocycles. The summed E-state index contributed by atoms with van der Waals surface area (Å²) in [6.07, 6.45) is 1.82. The van der Waals surface area contributed by atoms with Crippen molar-refractivity contribution in [2.24, 2.45) is 0 Å². The SMILES string of the molecule is CCOC(=O)C1=CC2=C(c3c(C)cc(OC=O)cc3C)c3cc(C(=O)OCC)c(C)n3[B][N+]2=C1C. The minimum Gasteiger partial charge on any atom is -0.462 e. The highest BCUT2D eigenvalue weighted by molar-refractivity contribution is 6.32. The van der Waals surface area contributed by atoms with Crippen molar-refractivity contribution in [1.29, 1.82) is 0 Å². The molecule has 0 bridgehead atoms. The van der Waals surface area contributed by atoms with E-state index >= 15 is 0 Å². The van der Waals surface area contributed by atoms with Gasteiger partial charge in [-0.2, -0.15) is 0 Å². The molecule has 1 aromatic carbocycles. The van der Waals surface area contributed by atoms with E-state index in [1.54, 1.807) is 26.0 Å². The molecule has 4 rings (SSSR count). The van der Waals surface area contributed by atoms with Crippen LogP contribution in [0.3, 0.4) is 0 Å². The van der Waals surface area contributed by atoms with Crippen LogP contribution in [-0.2, 0) is 19.1 Å². The Balaban J connectivity index is 2.03. The average Bonchev–Trinajstić information content (AvgIpc) is 3.31. The molecule has 3 heterocycles. The molecule has 2 aliphatic rings. The highest BCUT2D eigenvalue weighted by Crippen LogP contribution is 2.40. The third-order valence-corrected chi connectivity index (χ3v) is 6.26. The smallest absolute Gasteiger partial charge is 0.462 e. The molecular formula is C26H27BN2O6+. The molecule has 0 unspecified atom stereocenters. The van der Waals surface area contributed by atoms with E-state index in [1.165, 1.54) is 0 Å². The summed E-state index contributed by atoms with van der Waals surface area (Å²) in [4.78, 5) is 36.3. The second kappa shape index (κ2) is 9.41. The first-order valence-corrected chi connectivity index (χ1v) is 11.5. The summed E-state index contributed by atoms with van der Waals surface area (Å²) in [5.41, 5.74) is 7.50. The van der Waals surface area contributed by atoms with E-state index in [9.17, 15) is 14.4 Å². The van der Waals surface area contributed by atoms with Crippen molar-refractivity contribution in [3.05, 3.63) is 69.2 Å². The number of hydrogen-bond acceptors (Lipinski definition) is 6. The Labute approximate surface area is 204 Å². The van der Waals surface area contributed by atoms with Crippen molar-refractivity contribution in [2.75, 3.05) is 13.2 Å². The zero-order valence-corrected chi connectivity index (χ0v) is 20.7. The number of aromatic nitrogens is 1. The number of allylic oxidation sites excluding steroid dienone is 1. The zero-order valence-electron chi connectivity index (χ0n) is 20.7. The van der Waals surface area contributed by atoms with Crippen LogP contribution in [0, 0.1) is 20.8 Å². The fourth-order valence-electron chi connectivity index (χ4n) is 4.70. The second-order valence-electron chi connectivity index (χ2n) is 8.37. The van der Waals surface area contributed by atoms with Crippen molar-refractivity contribution in [3.63, 3.8) is 0 Å². The first-order chi connectivity index (χ1) is 16.7. The Morgan fingerprint density at radius 2 is 1.63 bits per heavy atom. The maximum Gasteiger partial charge on any atom is 0.700 e. The van der Waals surface area contributed by atoms with Gasteiger partial charge in [-0.05, 0) is 69.5 Å². The largest absolute Gasteiger partial charge is 0.700 e. The van der Waals surface area contributed by atoms with Crippen molar-refractivity contribution >= 4 is 37.2 Å². The van der Waals surface area contributed by atoms with Crippen LogP contribution in [0.4, 0.5) is 0 Å². The fraction of sp³-hybridized carbons (Fsp3) is 0.308. The van der Waals surface area contributed by atoms with Crippen molar-refractivity contribution < 1.29 is 33.1 Å². The van der Waals surface area contributed by atoms with Crippen LogP contribution >= 0.6 is 0 Å². The maximum atomic E-state index is 12.7. The van der Waals surface area contributed by atoms with Gasteiger partial charge in [-0.25, -0.2) is 9.59 Å². The molecule has 0 saturated heterocycles. The number of hydrogen-bond donors (Lipinski definition) is 0. The van der Waals surface area contributed by atoms with Gasteiger partial charge in [0.05, 0.1) is 24.4 Å². The molecule has 0 saturated carbocycles. The van der Waals surface area contributed by atoms with Crippen LogP contribution < -0.4 is 4.74 Å². The Morgan fingerprint density at radius 3 is 2.23 bits per heavy atom. The molecule has 0 N–H and O–H groups in total. The lowest BCUT2D eigenvalue weighted by Crippen LogP contribution is -2.32. The Morgan fingerprint density at radius 1 is 1.00 bits per heavy atom. The van der Waals surface area contributed by atoms with Gasteiger partial charge in [0.15, 0.2) is 11.4 Å². The van der Waals surface area contributed by atoms with E-state index in [1.807, 2.05) is 56.4 Å². The van der Waals surface area contributed by atoms with E-state index < -0.39 is 11.9 Å². The number of carbonyl (C=O) groups is 3. The summed E-state index contributed by atoms with van der Waals surface area (Å²) in [5.74, 6) is -0.341. The molecule has 0 aliphatic carbocycles. The number of fused-ring (bicyclic) bond motifs is 2. The lowest BCUT2D eigenvalue weighted by molar-refractivity contribution is -0.313. The van der Waals surface area contributed by atoms with E-state index in [-0.39, 0.29) is 13.2 Å². The minimum absolute atomic E-state index is 0.275. The third kappa shape index (κ3) is 4.01. The first kappa shape index (κ1) is 24.3. The molecule has 2 aliphatic heterocycles. The number of esters is 2. The Bertz CT molecular complexity index is 1340. The molecule has 0 atom stereocenters. The van der Waals surface area contributed by atoms with Gasteiger partial charge >= 0.3 is 19.5 Å². The number of rotatable bonds is 7. The predicted molar refractivity (Wildman–Crippen MR) is 131 cm³/mol. The van der Waals surface area contributed by atoms with Gasteiger partial charge in [0.2, 0.25) is 0 Å². The standard InChI is InChI=1S/C26H27BN2O6/c1-7-33-25(31)19-11-21-24(23-14(3)9-18(35-13-30)10-15(23)4)22-12-20(26(32)34-8-2)17(6)29(22)27-28(21)16(19)5/h9-13H,7-8H2,1-6H3/q+1. The molecule has 9 heteroatoms. The first-order valence-electron chi connectivity index (χ1n) is 11.5. The molecule has 0 spiro atoms. The number of aryl methyl sites for hydroxylation is 2. The van der Waals surface area contributed by atoms with Gasteiger partial charge in [-0.1, -0.05) is 0 Å².